The molecule has 7 nitrogen and oxygen atoms in total. The number of rotatable bonds is 3. The number of hydrogen-bond acceptors (Lipinski definition) is 4. The maximum Gasteiger partial charge on any atom is 0.419 e. The number of amides is 2. The van der Waals surface area contributed by atoms with E-state index < -0.39 is 17.8 Å². The van der Waals surface area contributed by atoms with Gasteiger partial charge < -0.3 is 15.2 Å². The molecular weight excluding hydrogens is 250 g/mol. The first-order chi connectivity index (χ1) is 8.76. The molecule has 0 saturated heterocycles. The van der Waals surface area contributed by atoms with E-state index in [0.29, 0.717) is 6.42 Å². The van der Waals surface area contributed by atoms with Crippen LogP contribution in [0.2, 0.25) is 0 Å². The Labute approximate surface area is 113 Å². The Balaban J connectivity index is 2.34. The lowest BCUT2D eigenvalue weighted by Gasteiger charge is -2.30. The SMILES string of the molecule is CC(C)(C)OC(=O)NC1CCCC(NNC(=O)O)C1. The summed E-state index contributed by atoms with van der Waals surface area (Å²) in [6.07, 6.45) is 1.84. The van der Waals surface area contributed by atoms with Crippen molar-refractivity contribution in [3.8, 4) is 0 Å². The molecule has 2 amide bonds. The lowest BCUT2D eigenvalue weighted by atomic mass is 9.91. The lowest BCUT2D eigenvalue weighted by molar-refractivity contribution is 0.0487. The van der Waals surface area contributed by atoms with Crippen molar-refractivity contribution < 1.29 is 19.4 Å². The average Bonchev–Trinajstić information content (AvgIpc) is 2.24. The fourth-order valence-corrected chi connectivity index (χ4v) is 2.09. The second-order valence-electron chi connectivity index (χ2n) is 5.78. The highest BCUT2D eigenvalue weighted by molar-refractivity contribution is 5.68. The predicted octanol–water partition coefficient (Wildman–Crippen LogP) is 1.59. The van der Waals surface area contributed by atoms with Gasteiger partial charge in [-0.25, -0.2) is 15.0 Å². The van der Waals surface area contributed by atoms with Crippen molar-refractivity contribution in [2.24, 2.45) is 0 Å². The minimum absolute atomic E-state index is 0.0108. The van der Waals surface area contributed by atoms with Crippen molar-refractivity contribution in [2.45, 2.75) is 64.1 Å². The van der Waals surface area contributed by atoms with Crippen LogP contribution in [-0.4, -0.2) is 35.0 Å². The van der Waals surface area contributed by atoms with Gasteiger partial charge in [-0.15, -0.1) is 0 Å². The molecule has 0 spiro atoms. The number of hydrazine groups is 1. The van der Waals surface area contributed by atoms with Crippen molar-refractivity contribution in [3.63, 3.8) is 0 Å². The Morgan fingerprint density at radius 2 is 1.84 bits per heavy atom. The van der Waals surface area contributed by atoms with Crippen LogP contribution in [0.3, 0.4) is 0 Å². The molecule has 0 heterocycles. The van der Waals surface area contributed by atoms with Crippen LogP contribution in [0.5, 0.6) is 0 Å². The van der Waals surface area contributed by atoms with E-state index in [1.165, 1.54) is 0 Å². The highest BCUT2D eigenvalue weighted by Crippen LogP contribution is 2.18. The number of carboxylic acid groups (broad SMARTS) is 1. The van der Waals surface area contributed by atoms with Gasteiger partial charge in [0.05, 0.1) is 0 Å². The fraction of sp³-hybridized carbons (Fsp3) is 0.833. The third-order valence-electron chi connectivity index (χ3n) is 2.78. The van der Waals surface area contributed by atoms with Gasteiger partial charge in [-0.3, -0.25) is 5.43 Å². The van der Waals surface area contributed by atoms with Crippen molar-refractivity contribution in [3.05, 3.63) is 0 Å². The fourth-order valence-electron chi connectivity index (χ4n) is 2.09. The van der Waals surface area contributed by atoms with Crippen LogP contribution in [0.15, 0.2) is 0 Å². The van der Waals surface area contributed by atoms with Crippen molar-refractivity contribution in [1.82, 2.24) is 16.2 Å². The standard InChI is InChI=1S/C12H23N3O4/c1-12(2,3)19-11(18)13-8-5-4-6-9(7-8)14-15-10(16)17/h8-9,14-15H,4-7H2,1-3H3,(H,13,18)(H,16,17). The maximum atomic E-state index is 11.6. The summed E-state index contributed by atoms with van der Waals surface area (Å²) in [5.41, 5.74) is 4.37. The Kier molecular flexibility index (Phi) is 5.41. The molecular formula is C12H23N3O4. The van der Waals surface area contributed by atoms with Crippen LogP contribution < -0.4 is 16.2 Å². The molecule has 0 aromatic heterocycles. The largest absolute Gasteiger partial charge is 0.464 e. The van der Waals surface area contributed by atoms with Crippen LogP contribution in [0.1, 0.15) is 46.5 Å². The highest BCUT2D eigenvalue weighted by Gasteiger charge is 2.25. The summed E-state index contributed by atoms with van der Waals surface area (Å²) in [4.78, 5) is 22.0. The first-order valence-corrected chi connectivity index (χ1v) is 6.50. The van der Waals surface area contributed by atoms with Gasteiger partial charge in [-0.1, -0.05) is 0 Å². The first kappa shape index (κ1) is 15.6. The molecule has 0 aliphatic heterocycles. The summed E-state index contributed by atoms with van der Waals surface area (Å²) in [7, 11) is 0. The Morgan fingerprint density at radius 1 is 1.21 bits per heavy atom. The number of carbonyl (C=O) groups excluding carboxylic acids is 1. The third-order valence-corrected chi connectivity index (χ3v) is 2.78. The molecule has 1 rings (SSSR count). The van der Waals surface area contributed by atoms with E-state index in [0.717, 1.165) is 19.3 Å². The van der Waals surface area contributed by atoms with Crippen molar-refractivity contribution in [2.75, 3.05) is 0 Å². The summed E-state index contributed by atoms with van der Waals surface area (Å²) in [6, 6.07) is 0.0430. The van der Waals surface area contributed by atoms with E-state index in [4.69, 9.17) is 9.84 Å². The summed E-state index contributed by atoms with van der Waals surface area (Å²) in [5, 5.41) is 11.3. The van der Waals surface area contributed by atoms with E-state index in [1.54, 1.807) is 0 Å². The molecule has 0 bridgehead atoms. The van der Waals surface area contributed by atoms with Gasteiger partial charge in [0.15, 0.2) is 0 Å². The van der Waals surface area contributed by atoms with Crippen molar-refractivity contribution in [1.29, 1.82) is 0 Å². The van der Waals surface area contributed by atoms with Gasteiger partial charge in [0, 0.05) is 12.1 Å². The van der Waals surface area contributed by atoms with Gasteiger partial charge in [-0.05, 0) is 46.5 Å². The van der Waals surface area contributed by atoms with Crippen LogP contribution in [0.25, 0.3) is 0 Å². The van der Waals surface area contributed by atoms with Gasteiger partial charge in [-0.2, -0.15) is 0 Å². The molecule has 1 aliphatic carbocycles. The van der Waals surface area contributed by atoms with E-state index >= 15 is 0 Å². The molecule has 2 atom stereocenters. The van der Waals surface area contributed by atoms with Gasteiger partial charge in [0.25, 0.3) is 0 Å². The normalized spacial score (nSPS) is 23.5. The van der Waals surface area contributed by atoms with Crippen LogP contribution in [0.4, 0.5) is 9.59 Å². The number of alkyl carbamates (subject to hydrolysis) is 1. The molecule has 0 radical (unpaired) electrons. The zero-order valence-electron chi connectivity index (χ0n) is 11.7. The second kappa shape index (κ2) is 6.60. The highest BCUT2D eigenvalue weighted by atomic mass is 16.6. The summed E-state index contributed by atoms with van der Waals surface area (Å²) < 4.78 is 5.19. The number of carbonyl (C=O) groups is 2. The van der Waals surface area contributed by atoms with E-state index in [1.807, 2.05) is 20.8 Å². The summed E-state index contributed by atoms with van der Waals surface area (Å²) >= 11 is 0. The van der Waals surface area contributed by atoms with Crippen LogP contribution in [-0.2, 0) is 4.74 Å². The molecule has 0 aromatic rings. The Morgan fingerprint density at radius 3 is 2.42 bits per heavy atom. The van der Waals surface area contributed by atoms with Crippen LogP contribution >= 0.6 is 0 Å². The minimum Gasteiger partial charge on any atom is -0.464 e. The molecule has 1 aliphatic rings. The van der Waals surface area contributed by atoms with E-state index in [-0.39, 0.29) is 12.1 Å². The van der Waals surface area contributed by atoms with E-state index in [9.17, 15) is 9.59 Å². The predicted molar refractivity (Wildman–Crippen MR) is 69.7 cm³/mol. The molecule has 2 unspecified atom stereocenters. The molecule has 4 N–H and O–H groups in total. The molecule has 0 aromatic carbocycles. The minimum atomic E-state index is -1.11. The summed E-state index contributed by atoms with van der Waals surface area (Å²) in [5.74, 6) is 0. The molecule has 7 heteroatoms. The van der Waals surface area contributed by atoms with E-state index in [2.05, 4.69) is 16.2 Å². The molecule has 1 saturated carbocycles. The van der Waals surface area contributed by atoms with Crippen LogP contribution in [0, 0.1) is 0 Å². The second-order valence-corrected chi connectivity index (χ2v) is 5.78. The monoisotopic (exact) mass is 273 g/mol. The van der Waals surface area contributed by atoms with Crippen molar-refractivity contribution >= 4 is 12.2 Å². The number of hydrogen-bond donors (Lipinski definition) is 4. The molecule has 1 fully saturated rings. The lowest BCUT2D eigenvalue weighted by Crippen LogP contribution is -2.50. The quantitative estimate of drug-likeness (QED) is 0.585. The third kappa shape index (κ3) is 6.85. The topological polar surface area (TPSA) is 99.7 Å². The van der Waals surface area contributed by atoms with Gasteiger partial charge in [0.1, 0.15) is 5.60 Å². The summed E-state index contributed by atoms with van der Waals surface area (Å²) in [6.45, 7) is 5.44. The maximum absolute atomic E-state index is 11.6. The van der Waals surface area contributed by atoms with Gasteiger partial charge in [0.2, 0.25) is 0 Å². The molecule has 110 valence electrons. The smallest absolute Gasteiger partial charge is 0.419 e. The first-order valence-electron chi connectivity index (χ1n) is 6.50. The zero-order valence-corrected chi connectivity index (χ0v) is 11.7. The molecule has 19 heavy (non-hydrogen) atoms. The van der Waals surface area contributed by atoms with Gasteiger partial charge >= 0.3 is 12.2 Å². The number of ether oxygens (including phenoxy) is 1. The number of nitrogens with one attached hydrogen (secondary N) is 3. The zero-order chi connectivity index (χ0) is 14.5. The average molecular weight is 273 g/mol. The Bertz CT molecular complexity index is 327. The Hall–Kier alpha value is -1.50.